The number of hydrogen-bond donors (Lipinski definition) is 1. The van der Waals surface area contributed by atoms with Crippen LogP contribution in [0.3, 0.4) is 0 Å². The van der Waals surface area contributed by atoms with E-state index in [9.17, 15) is 8.42 Å². The summed E-state index contributed by atoms with van der Waals surface area (Å²) in [4.78, 5) is 2.56. The summed E-state index contributed by atoms with van der Waals surface area (Å²) in [5.41, 5.74) is 2.40. The third-order valence-corrected chi connectivity index (χ3v) is 9.09. The van der Waals surface area contributed by atoms with Crippen molar-refractivity contribution in [3.05, 3.63) is 92.9 Å². The van der Waals surface area contributed by atoms with Gasteiger partial charge in [0.25, 0.3) is 0 Å². The molecule has 5 nitrogen and oxygen atoms in total. The zero-order valence-corrected chi connectivity index (χ0v) is 23.5. The summed E-state index contributed by atoms with van der Waals surface area (Å²) < 4.78 is 26.5. The molecule has 0 amide bonds. The first kappa shape index (κ1) is 27.8. The molecule has 2 aliphatic rings. The molecule has 0 radical (unpaired) electrons. The number of piperidine rings is 1. The standard InChI is InChI=1S/C17H16Cl3N.C11H12N2O2S/c18-12-4-7-14(8-5-12)21-10-2-1-3-17(21)15-9-6-13(19)11-16(15)20;1-11(5-6-11)13-16(14,15)10-4-2-3-9(7-10)8-12/h4-9,11,17H,1-3,10H2;2-4,7,13H,5-6H2,1H3. The number of halogens is 3. The van der Waals surface area contributed by atoms with Gasteiger partial charge < -0.3 is 4.90 Å². The molecule has 3 aromatic carbocycles. The molecular weight excluding hydrogens is 549 g/mol. The molecule has 1 saturated heterocycles. The van der Waals surface area contributed by atoms with E-state index in [0.717, 1.165) is 41.4 Å². The zero-order valence-electron chi connectivity index (χ0n) is 20.4. The molecule has 1 saturated carbocycles. The van der Waals surface area contributed by atoms with Gasteiger partial charge in [-0.25, -0.2) is 13.1 Å². The van der Waals surface area contributed by atoms with E-state index in [1.807, 2.05) is 43.3 Å². The van der Waals surface area contributed by atoms with E-state index in [1.165, 1.54) is 30.7 Å². The first-order valence-corrected chi connectivity index (χ1v) is 14.7. The highest BCUT2D eigenvalue weighted by Gasteiger charge is 2.41. The van der Waals surface area contributed by atoms with Crippen LogP contribution >= 0.6 is 34.8 Å². The highest BCUT2D eigenvalue weighted by Crippen LogP contribution is 2.39. The molecular formula is C28H28Cl3N3O2S. The number of rotatable bonds is 5. The van der Waals surface area contributed by atoms with Crippen molar-refractivity contribution in [3.8, 4) is 6.07 Å². The molecule has 1 aliphatic carbocycles. The Morgan fingerprint density at radius 1 is 0.973 bits per heavy atom. The van der Waals surface area contributed by atoms with Crippen LogP contribution in [0.2, 0.25) is 15.1 Å². The fourth-order valence-corrected chi connectivity index (χ4v) is 6.54. The summed E-state index contributed by atoms with van der Waals surface area (Å²) in [6.07, 6.45) is 5.25. The number of anilines is 1. The second kappa shape index (κ2) is 11.6. The van der Waals surface area contributed by atoms with Crippen molar-refractivity contribution in [1.82, 2.24) is 4.72 Å². The fraction of sp³-hybridized carbons (Fsp3) is 0.321. The smallest absolute Gasteiger partial charge is 0.241 e. The maximum absolute atomic E-state index is 11.9. The molecule has 1 aliphatic heterocycles. The van der Waals surface area contributed by atoms with E-state index in [-0.39, 0.29) is 10.4 Å². The van der Waals surface area contributed by atoms with Crippen molar-refractivity contribution in [2.45, 2.75) is 55.5 Å². The van der Waals surface area contributed by atoms with Gasteiger partial charge in [0.05, 0.1) is 22.6 Å². The van der Waals surface area contributed by atoms with Crippen LogP contribution in [0, 0.1) is 11.3 Å². The molecule has 1 heterocycles. The molecule has 5 rings (SSSR count). The number of benzene rings is 3. The minimum atomic E-state index is -3.49. The normalized spacial score (nSPS) is 18.4. The van der Waals surface area contributed by atoms with Crippen LogP contribution in [0.1, 0.15) is 56.2 Å². The van der Waals surface area contributed by atoms with Crippen molar-refractivity contribution >= 4 is 50.5 Å². The van der Waals surface area contributed by atoms with E-state index in [4.69, 9.17) is 40.1 Å². The van der Waals surface area contributed by atoms with Crippen LogP contribution < -0.4 is 9.62 Å². The molecule has 194 valence electrons. The predicted molar refractivity (Wildman–Crippen MR) is 151 cm³/mol. The second-order valence-corrected chi connectivity index (χ2v) is 12.6. The van der Waals surface area contributed by atoms with E-state index in [1.54, 1.807) is 12.1 Å². The lowest BCUT2D eigenvalue weighted by Gasteiger charge is -2.38. The lowest BCUT2D eigenvalue weighted by atomic mass is 9.94. The van der Waals surface area contributed by atoms with E-state index in [0.29, 0.717) is 16.6 Å². The Morgan fingerprint density at radius 2 is 1.68 bits per heavy atom. The SMILES string of the molecule is CC1(NS(=O)(=O)c2cccc(C#N)c2)CC1.Clc1ccc(N2CCCCC2c2ccc(Cl)cc2Cl)cc1. The Morgan fingerprint density at radius 3 is 2.32 bits per heavy atom. The molecule has 9 heteroatoms. The third-order valence-electron chi connectivity index (χ3n) is 6.64. The van der Waals surface area contributed by atoms with Gasteiger partial charge in [-0.1, -0.05) is 46.9 Å². The van der Waals surface area contributed by atoms with E-state index in [2.05, 4.69) is 21.8 Å². The third kappa shape index (κ3) is 7.19. The van der Waals surface area contributed by atoms with E-state index < -0.39 is 10.0 Å². The number of nitrogens with zero attached hydrogens (tertiary/aromatic N) is 2. The average Bonchev–Trinajstić information content (AvgIpc) is 3.60. The fourth-order valence-electron chi connectivity index (χ4n) is 4.37. The minimum Gasteiger partial charge on any atom is -0.364 e. The topological polar surface area (TPSA) is 73.2 Å². The van der Waals surface area contributed by atoms with Gasteiger partial charge in [0.15, 0.2) is 0 Å². The molecule has 3 aromatic rings. The van der Waals surface area contributed by atoms with Crippen LogP contribution in [0.4, 0.5) is 5.69 Å². The Labute approximate surface area is 234 Å². The monoisotopic (exact) mass is 575 g/mol. The predicted octanol–water partition coefficient (Wildman–Crippen LogP) is 7.77. The van der Waals surface area contributed by atoms with Gasteiger partial charge in [0.2, 0.25) is 10.0 Å². The molecule has 1 N–H and O–H groups in total. The first-order valence-electron chi connectivity index (χ1n) is 12.1. The largest absolute Gasteiger partial charge is 0.364 e. The van der Waals surface area contributed by atoms with Gasteiger partial charge in [-0.3, -0.25) is 0 Å². The van der Waals surface area contributed by atoms with E-state index >= 15 is 0 Å². The first-order chi connectivity index (χ1) is 17.6. The maximum Gasteiger partial charge on any atom is 0.241 e. The molecule has 0 aromatic heterocycles. The molecule has 2 fully saturated rings. The minimum absolute atomic E-state index is 0.152. The van der Waals surface area contributed by atoms with Crippen molar-refractivity contribution in [3.63, 3.8) is 0 Å². The Bertz CT molecular complexity index is 1400. The molecule has 0 bridgehead atoms. The second-order valence-electron chi connectivity index (χ2n) is 9.65. The van der Waals surface area contributed by atoms with Crippen LogP contribution in [0.15, 0.2) is 71.6 Å². The number of hydrogen-bond acceptors (Lipinski definition) is 4. The van der Waals surface area contributed by atoms with Crippen LogP contribution in [-0.4, -0.2) is 20.5 Å². The molecule has 1 atom stereocenters. The lowest BCUT2D eigenvalue weighted by Crippen LogP contribution is -2.34. The summed E-state index contributed by atoms with van der Waals surface area (Å²) in [7, 11) is -3.49. The van der Waals surface area contributed by atoms with Gasteiger partial charge in [-0.2, -0.15) is 5.26 Å². The lowest BCUT2D eigenvalue weighted by molar-refractivity contribution is 0.473. The van der Waals surface area contributed by atoms with Crippen molar-refractivity contribution in [2.24, 2.45) is 0 Å². The van der Waals surface area contributed by atoms with Crippen LogP contribution in [-0.2, 0) is 10.0 Å². The number of sulfonamides is 1. The summed E-state index contributed by atoms with van der Waals surface area (Å²) in [6, 6.07) is 22.1. The van der Waals surface area contributed by atoms with Crippen LogP contribution in [0.5, 0.6) is 0 Å². The Balaban J connectivity index is 0.000000180. The number of nitrogens with one attached hydrogen (secondary N) is 1. The maximum atomic E-state index is 11.9. The molecule has 1 unspecified atom stereocenters. The van der Waals surface area contributed by atoms with Crippen LogP contribution in [0.25, 0.3) is 0 Å². The Kier molecular flexibility index (Phi) is 8.73. The quantitative estimate of drug-likeness (QED) is 0.337. The summed E-state index contributed by atoms with van der Waals surface area (Å²) in [5.74, 6) is 0. The highest BCUT2D eigenvalue weighted by atomic mass is 35.5. The van der Waals surface area contributed by atoms with Gasteiger partial charge in [-0.15, -0.1) is 0 Å². The summed E-state index contributed by atoms with van der Waals surface area (Å²) in [5, 5.41) is 10.9. The van der Waals surface area contributed by atoms with Gasteiger partial charge in [0.1, 0.15) is 0 Å². The van der Waals surface area contributed by atoms with Gasteiger partial charge in [0, 0.05) is 32.8 Å². The van der Waals surface area contributed by atoms with Gasteiger partial charge >= 0.3 is 0 Å². The molecule has 0 spiro atoms. The van der Waals surface area contributed by atoms with Crippen molar-refractivity contribution in [2.75, 3.05) is 11.4 Å². The Hall–Kier alpha value is -2.27. The summed E-state index contributed by atoms with van der Waals surface area (Å²) >= 11 is 18.4. The zero-order chi connectivity index (χ0) is 26.6. The van der Waals surface area contributed by atoms with Crippen molar-refractivity contribution < 1.29 is 8.42 Å². The molecule has 37 heavy (non-hydrogen) atoms. The average molecular weight is 577 g/mol. The summed E-state index contributed by atoms with van der Waals surface area (Å²) in [6.45, 7) is 2.91. The number of nitriles is 1. The van der Waals surface area contributed by atoms with Gasteiger partial charge in [-0.05, 0) is 99.2 Å². The van der Waals surface area contributed by atoms with Crippen molar-refractivity contribution in [1.29, 1.82) is 5.26 Å². The highest BCUT2D eigenvalue weighted by molar-refractivity contribution is 7.89.